The zero-order valence-corrected chi connectivity index (χ0v) is 16.6. The van der Waals surface area contributed by atoms with E-state index in [1.165, 1.54) is 4.90 Å². The van der Waals surface area contributed by atoms with Crippen LogP contribution in [0.4, 0.5) is 13.2 Å². The van der Waals surface area contributed by atoms with E-state index in [2.05, 4.69) is 25.8 Å². The van der Waals surface area contributed by atoms with Crippen LogP contribution in [0.1, 0.15) is 19.2 Å². The molecule has 1 atom stereocenters. The van der Waals surface area contributed by atoms with Crippen LogP contribution >= 0.6 is 11.6 Å². The molecule has 2 N–H and O–H groups in total. The molecule has 1 fully saturated rings. The molecule has 0 bridgehead atoms. The van der Waals surface area contributed by atoms with Gasteiger partial charge in [-0.25, -0.2) is 4.99 Å². The van der Waals surface area contributed by atoms with Crippen molar-refractivity contribution < 1.29 is 17.7 Å². The van der Waals surface area contributed by atoms with Crippen LogP contribution in [0.2, 0.25) is 5.02 Å². The highest BCUT2D eigenvalue weighted by molar-refractivity contribution is 6.30. The van der Waals surface area contributed by atoms with Crippen LogP contribution in [0.3, 0.4) is 0 Å². The van der Waals surface area contributed by atoms with Crippen molar-refractivity contribution in [3.05, 3.63) is 35.2 Å². The molecular formula is C18H22ClF3N6O. The van der Waals surface area contributed by atoms with Crippen molar-refractivity contribution in [2.45, 2.75) is 32.1 Å². The van der Waals surface area contributed by atoms with Gasteiger partial charge in [-0.05, 0) is 25.5 Å². The number of benzene rings is 1. The van der Waals surface area contributed by atoms with E-state index < -0.39 is 12.7 Å². The number of aromatic nitrogens is 2. The molecule has 0 amide bonds. The highest BCUT2D eigenvalue weighted by Gasteiger charge is 2.34. The number of rotatable bonds is 6. The number of halogens is 4. The Morgan fingerprint density at radius 3 is 2.97 bits per heavy atom. The number of guanidine groups is 1. The lowest BCUT2D eigenvalue weighted by Gasteiger charge is -2.19. The maximum absolute atomic E-state index is 12.5. The third kappa shape index (κ3) is 6.60. The molecule has 0 spiro atoms. The van der Waals surface area contributed by atoms with Crippen molar-refractivity contribution in [3.8, 4) is 11.4 Å². The predicted molar refractivity (Wildman–Crippen MR) is 104 cm³/mol. The first-order valence-corrected chi connectivity index (χ1v) is 9.62. The van der Waals surface area contributed by atoms with Gasteiger partial charge in [-0.2, -0.15) is 18.2 Å². The first-order valence-electron chi connectivity index (χ1n) is 9.25. The van der Waals surface area contributed by atoms with Crippen molar-refractivity contribution in [1.29, 1.82) is 0 Å². The number of nitrogens with zero attached hydrogens (tertiary/aromatic N) is 4. The van der Waals surface area contributed by atoms with Crippen LogP contribution in [-0.4, -0.2) is 59.4 Å². The quantitative estimate of drug-likeness (QED) is 0.541. The van der Waals surface area contributed by atoms with Crippen LogP contribution in [0.15, 0.2) is 33.8 Å². The summed E-state index contributed by atoms with van der Waals surface area (Å²) in [5, 5.41) is 10.8. The third-order valence-corrected chi connectivity index (χ3v) is 4.52. The van der Waals surface area contributed by atoms with E-state index in [9.17, 15) is 13.2 Å². The fourth-order valence-corrected chi connectivity index (χ4v) is 3.26. The Kier molecular flexibility index (Phi) is 6.96. The summed E-state index contributed by atoms with van der Waals surface area (Å²) >= 11 is 5.98. The second-order valence-electron chi connectivity index (χ2n) is 6.70. The normalized spacial score (nSPS) is 18.2. The average Bonchev–Trinajstić information content (AvgIpc) is 3.28. The van der Waals surface area contributed by atoms with Crippen LogP contribution in [0.5, 0.6) is 0 Å². The zero-order chi connectivity index (χ0) is 20.9. The Bertz CT molecular complexity index is 841. The molecule has 1 saturated heterocycles. The minimum Gasteiger partial charge on any atom is -0.357 e. The molecule has 1 aliphatic heterocycles. The first kappa shape index (κ1) is 21.4. The van der Waals surface area contributed by atoms with E-state index in [1.807, 2.05) is 13.0 Å². The molecule has 11 heteroatoms. The largest absolute Gasteiger partial charge is 0.401 e. The third-order valence-electron chi connectivity index (χ3n) is 4.28. The van der Waals surface area contributed by atoms with Gasteiger partial charge in [0, 0.05) is 36.3 Å². The molecule has 3 rings (SSSR count). The van der Waals surface area contributed by atoms with Gasteiger partial charge < -0.3 is 15.2 Å². The fraction of sp³-hybridized carbons (Fsp3) is 0.500. The Morgan fingerprint density at radius 2 is 2.24 bits per heavy atom. The molecule has 1 unspecified atom stereocenters. The molecule has 1 aromatic carbocycles. The van der Waals surface area contributed by atoms with Gasteiger partial charge in [-0.3, -0.25) is 4.90 Å². The fourth-order valence-electron chi connectivity index (χ4n) is 3.07. The number of likely N-dealkylation sites (tertiary alicyclic amines) is 1. The summed E-state index contributed by atoms with van der Waals surface area (Å²) in [4.78, 5) is 10.1. The predicted octanol–water partition coefficient (Wildman–Crippen LogP) is 3.08. The molecule has 0 aliphatic carbocycles. The number of hydrogen-bond acceptors (Lipinski definition) is 5. The molecule has 2 aromatic rings. The standard InChI is InChI=1S/C18H22ClF3N6O/c1-2-23-17(25-14-6-7-28(10-14)11-18(20,21)22)24-9-15-26-16(27-29-15)12-4-3-5-13(19)8-12/h3-5,8,14H,2,6-7,9-11H2,1H3,(H2,23,24,25). The van der Waals surface area contributed by atoms with Crippen molar-refractivity contribution >= 4 is 17.6 Å². The summed E-state index contributed by atoms with van der Waals surface area (Å²) in [5.41, 5.74) is 0.734. The van der Waals surface area contributed by atoms with Gasteiger partial charge in [0.25, 0.3) is 0 Å². The minimum atomic E-state index is -4.19. The topological polar surface area (TPSA) is 78.6 Å². The lowest BCUT2D eigenvalue weighted by atomic mass is 10.2. The van der Waals surface area contributed by atoms with Crippen molar-refractivity contribution in [2.24, 2.45) is 4.99 Å². The van der Waals surface area contributed by atoms with Crippen LogP contribution in [-0.2, 0) is 6.54 Å². The molecule has 0 saturated carbocycles. The van der Waals surface area contributed by atoms with Crippen molar-refractivity contribution in [2.75, 3.05) is 26.2 Å². The van der Waals surface area contributed by atoms with E-state index in [1.54, 1.807) is 18.2 Å². The maximum Gasteiger partial charge on any atom is 0.401 e. The molecule has 7 nitrogen and oxygen atoms in total. The molecular weight excluding hydrogens is 409 g/mol. The van der Waals surface area contributed by atoms with E-state index in [0.717, 1.165) is 5.56 Å². The van der Waals surface area contributed by atoms with Crippen molar-refractivity contribution in [1.82, 2.24) is 25.7 Å². The van der Waals surface area contributed by atoms with E-state index >= 15 is 0 Å². The zero-order valence-electron chi connectivity index (χ0n) is 15.8. The number of hydrogen-bond donors (Lipinski definition) is 2. The SMILES string of the molecule is CCNC(=NCc1nc(-c2cccc(Cl)c2)no1)NC1CCN(CC(F)(F)F)C1. The van der Waals surface area contributed by atoms with E-state index in [0.29, 0.717) is 48.8 Å². The van der Waals surface area contributed by atoms with Crippen LogP contribution in [0.25, 0.3) is 11.4 Å². The van der Waals surface area contributed by atoms with Gasteiger partial charge in [-0.1, -0.05) is 28.9 Å². The lowest BCUT2D eigenvalue weighted by molar-refractivity contribution is -0.143. The van der Waals surface area contributed by atoms with Gasteiger partial charge >= 0.3 is 6.18 Å². The molecule has 1 aliphatic rings. The summed E-state index contributed by atoms with van der Waals surface area (Å²) in [6.07, 6.45) is -3.58. The molecule has 1 aromatic heterocycles. The number of nitrogens with one attached hydrogen (secondary N) is 2. The summed E-state index contributed by atoms with van der Waals surface area (Å²) in [6.45, 7) is 2.47. The van der Waals surface area contributed by atoms with Gasteiger partial charge in [0.1, 0.15) is 6.54 Å². The van der Waals surface area contributed by atoms with Crippen molar-refractivity contribution in [3.63, 3.8) is 0 Å². The average molecular weight is 431 g/mol. The van der Waals surface area contributed by atoms with E-state index in [-0.39, 0.29) is 12.6 Å². The smallest absolute Gasteiger partial charge is 0.357 e. The monoisotopic (exact) mass is 430 g/mol. The Balaban J connectivity index is 1.59. The Morgan fingerprint density at radius 1 is 1.41 bits per heavy atom. The highest BCUT2D eigenvalue weighted by atomic mass is 35.5. The van der Waals surface area contributed by atoms with Gasteiger partial charge in [0.15, 0.2) is 5.96 Å². The lowest BCUT2D eigenvalue weighted by Crippen LogP contribution is -2.45. The van der Waals surface area contributed by atoms with Crippen LogP contribution in [0, 0.1) is 0 Å². The Labute approximate surface area is 171 Å². The highest BCUT2D eigenvalue weighted by Crippen LogP contribution is 2.21. The summed E-state index contributed by atoms with van der Waals surface area (Å²) in [7, 11) is 0. The maximum atomic E-state index is 12.5. The second kappa shape index (κ2) is 9.45. The summed E-state index contributed by atoms with van der Waals surface area (Å²) in [6, 6.07) is 6.99. The van der Waals surface area contributed by atoms with Crippen LogP contribution < -0.4 is 10.6 Å². The molecule has 29 heavy (non-hydrogen) atoms. The molecule has 2 heterocycles. The first-order chi connectivity index (χ1) is 13.8. The summed E-state index contributed by atoms with van der Waals surface area (Å²) < 4.78 is 42.9. The van der Waals surface area contributed by atoms with Gasteiger partial charge in [0.2, 0.25) is 11.7 Å². The molecule has 158 valence electrons. The summed E-state index contributed by atoms with van der Waals surface area (Å²) in [5.74, 6) is 1.23. The second-order valence-corrected chi connectivity index (χ2v) is 7.13. The molecule has 0 radical (unpaired) electrons. The number of aliphatic imine (C=N–C) groups is 1. The van der Waals surface area contributed by atoms with E-state index in [4.69, 9.17) is 16.1 Å². The van der Waals surface area contributed by atoms with Gasteiger partial charge in [-0.15, -0.1) is 0 Å². The number of alkyl halides is 3. The Hall–Kier alpha value is -2.33. The minimum absolute atomic E-state index is 0.111. The van der Waals surface area contributed by atoms with Gasteiger partial charge in [0.05, 0.1) is 6.54 Å².